The number of fused-ring (bicyclic) bond motifs is 1. The molecule has 2 heterocycles. The number of benzene rings is 1. The third-order valence-electron chi connectivity index (χ3n) is 3.73. The minimum Gasteiger partial charge on any atom is -0.369 e. The number of imidazole rings is 1. The second-order valence-corrected chi connectivity index (χ2v) is 5.01. The number of hydrogen-bond acceptors (Lipinski definition) is 3. The molecule has 0 atom stereocenters. The van der Waals surface area contributed by atoms with Crippen LogP contribution in [0.4, 0.5) is 10.3 Å². The highest BCUT2D eigenvalue weighted by molar-refractivity contribution is 5.78. The number of nitrogens with two attached hydrogens (primary N) is 1. The highest BCUT2D eigenvalue weighted by Crippen LogP contribution is 2.29. The normalized spacial score (nSPS) is 18.6. The van der Waals surface area contributed by atoms with Crippen molar-refractivity contribution in [2.75, 3.05) is 25.9 Å². The molecule has 1 aliphatic heterocycles. The van der Waals surface area contributed by atoms with E-state index < -0.39 is 0 Å². The number of rotatable bonds is 1. The third-order valence-corrected chi connectivity index (χ3v) is 3.73. The van der Waals surface area contributed by atoms with E-state index in [-0.39, 0.29) is 5.82 Å². The Morgan fingerprint density at radius 2 is 2.06 bits per heavy atom. The van der Waals surface area contributed by atoms with Crippen molar-refractivity contribution in [3.63, 3.8) is 0 Å². The number of piperidine rings is 1. The molecule has 0 bridgehead atoms. The van der Waals surface area contributed by atoms with Crippen LogP contribution in [0.15, 0.2) is 18.2 Å². The lowest BCUT2D eigenvalue weighted by Crippen LogP contribution is -2.31. The zero-order chi connectivity index (χ0) is 12.7. The first-order valence-corrected chi connectivity index (χ1v) is 6.26. The lowest BCUT2D eigenvalue weighted by Gasteiger charge is -2.30. The van der Waals surface area contributed by atoms with Crippen molar-refractivity contribution in [3.05, 3.63) is 24.0 Å². The molecule has 1 saturated heterocycles. The lowest BCUT2D eigenvalue weighted by atomic mass is 10.1. The number of nitrogens with zero attached hydrogens (tertiary/aromatic N) is 3. The summed E-state index contributed by atoms with van der Waals surface area (Å²) in [7, 11) is 2.13. The lowest BCUT2D eigenvalue weighted by molar-refractivity contribution is 0.225. The number of nitrogen functional groups attached to an aromatic ring is 1. The second-order valence-electron chi connectivity index (χ2n) is 5.01. The molecule has 1 aromatic heterocycles. The van der Waals surface area contributed by atoms with Gasteiger partial charge >= 0.3 is 0 Å². The van der Waals surface area contributed by atoms with E-state index in [1.807, 2.05) is 0 Å². The summed E-state index contributed by atoms with van der Waals surface area (Å²) in [6.07, 6.45) is 2.12. The maximum Gasteiger partial charge on any atom is 0.201 e. The summed E-state index contributed by atoms with van der Waals surface area (Å²) in [6.45, 7) is 2.12. The molecule has 96 valence electrons. The molecule has 3 rings (SSSR count). The zero-order valence-corrected chi connectivity index (χ0v) is 10.4. The Balaban J connectivity index is 2.03. The predicted molar refractivity (Wildman–Crippen MR) is 69.9 cm³/mol. The van der Waals surface area contributed by atoms with Crippen molar-refractivity contribution in [2.24, 2.45) is 0 Å². The highest BCUT2D eigenvalue weighted by atomic mass is 19.1. The fraction of sp³-hybridized carbons (Fsp3) is 0.462. The van der Waals surface area contributed by atoms with Gasteiger partial charge in [0.1, 0.15) is 5.82 Å². The van der Waals surface area contributed by atoms with Crippen LogP contribution < -0.4 is 5.73 Å². The summed E-state index contributed by atoms with van der Waals surface area (Å²) >= 11 is 0. The van der Waals surface area contributed by atoms with E-state index in [0.717, 1.165) is 31.4 Å². The summed E-state index contributed by atoms with van der Waals surface area (Å²) in [6, 6.07) is 5.05. The first-order valence-electron chi connectivity index (χ1n) is 6.26. The summed E-state index contributed by atoms with van der Waals surface area (Å²) in [5, 5.41) is 0. The molecule has 0 aliphatic carbocycles. The number of likely N-dealkylation sites (tertiary alicyclic amines) is 1. The van der Waals surface area contributed by atoms with Gasteiger partial charge in [-0.05, 0) is 45.1 Å². The molecule has 18 heavy (non-hydrogen) atoms. The van der Waals surface area contributed by atoms with Crippen LogP contribution in [0.2, 0.25) is 0 Å². The van der Waals surface area contributed by atoms with Crippen LogP contribution in [0.3, 0.4) is 0 Å². The molecule has 0 spiro atoms. The van der Waals surface area contributed by atoms with E-state index in [4.69, 9.17) is 5.73 Å². The van der Waals surface area contributed by atoms with Gasteiger partial charge in [-0.15, -0.1) is 0 Å². The van der Waals surface area contributed by atoms with Crippen molar-refractivity contribution in [3.8, 4) is 0 Å². The molecule has 0 amide bonds. The molecule has 2 aromatic rings. The molecule has 1 fully saturated rings. The Labute approximate surface area is 105 Å². The molecule has 0 radical (unpaired) electrons. The van der Waals surface area contributed by atoms with Crippen molar-refractivity contribution in [1.29, 1.82) is 0 Å². The van der Waals surface area contributed by atoms with Gasteiger partial charge in [-0.25, -0.2) is 9.37 Å². The molecule has 2 N–H and O–H groups in total. The first kappa shape index (κ1) is 11.5. The van der Waals surface area contributed by atoms with E-state index in [1.165, 1.54) is 12.1 Å². The number of hydrogen-bond donors (Lipinski definition) is 1. The standard InChI is InChI=1S/C13H17FN4/c1-17-6-4-10(5-7-17)18-12-3-2-9(14)8-11(12)16-13(18)15/h2-3,8,10H,4-7H2,1H3,(H2,15,16). The van der Waals surface area contributed by atoms with Gasteiger partial charge in [0.2, 0.25) is 5.95 Å². The average molecular weight is 248 g/mol. The number of halogens is 1. The monoisotopic (exact) mass is 248 g/mol. The van der Waals surface area contributed by atoms with E-state index in [1.54, 1.807) is 6.07 Å². The molecular weight excluding hydrogens is 231 g/mol. The van der Waals surface area contributed by atoms with Crippen LogP contribution in [0, 0.1) is 5.82 Å². The summed E-state index contributed by atoms with van der Waals surface area (Å²) in [4.78, 5) is 6.57. The van der Waals surface area contributed by atoms with Crippen LogP contribution in [0.5, 0.6) is 0 Å². The summed E-state index contributed by atoms with van der Waals surface area (Å²) in [5.74, 6) is 0.223. The highest BCUT2D eigenvalue weighted by Gasteiger charge is 2.22. The predicted octanol–water partition coefficient (Wildman–Crippen LogP) is 2.02. The van der Waals surface area contributed by atoms with Crippen molar-refractivity contribution in [2.45, 2.75) is 18.9 Å². The second kappa shape index (κ2) is 4.24. The number of anilines is 1. The van der Waals surface area contributed by atoms with Gasteiger partial charge in [0.15, 0.2) is 0 Å². The Kier molecular flexibility index (Phi) is 2.70. The topological polar surface area (TPSA) is 47.1 Å². The maximum absolute atomic E-state index is 13.2. The minimum atomic E-state index is -0.268. The fourth-order valence-corrected chi connectivity index (χ4v) is 2.73. The Bertz CT molecular complexity index is 570. The smallest absolute Gasteiger partial charge is 0.201 e. The van der Waals surface area contributed by atoms with Crippen LogP contribution in [0.1, 0.15) is 18.9 Å². The van der Waals surface area contributed by atoms with E-state index in [9.17, 15) is 4.39 Å². The molecule has 5 heteroatoms. The van der Waals surface area contributed by atoms with Gasteiger partial charge in [-0.3, -0.25) is 0 Å². The van der Waals surface area contributed by atoms with E-state index >= 15 is 0 Å². The fourth-order valence-electron chi connectivity index (χ4n) is 2.73. The van der Waals surface area contributed by atoms with Gasteiger partial charge in [-0.2, -0.15) is 0 Å². The third kappa shape index (κ3) is 1.84. The van der Waals surface area contributed by atoms with Crippen molar-refractivity contribution >= 4 is 17.0 Å². The van der Waals surface area contributed by atoms with Crippen LogP contribution in [-0.4, -0.2) is 34.6 Å². The van der Waals surface area contributed by atoms with Gasteiger partial charge in [0.05, 0.1) is 11.0 Å². The van der Waals surface area contributed by atoms with Crippen molar-refractivity contribution < 1.29 is 4.39 Å². The largest absolute Gasteiger partial charge is 0.369 e. The molecule has 4 nitrogen and oxygen atoms in total. The molecule has 1 aliphatic rings. The Morgan fingerprint density at radius 3 is 2.78 bits per heavy atom. The summed E-state index contributed by atoms with van der Waals surface area (Å²) < 4.78 is 15.2. The molecule has 0 unspecified atom stereocenters. The Morgan fingerprint density at radius 1 is 1.33 bits per heavy atom. The first-order chi connectivity index (χ1) is 8.65. The van der Waals surface area contributed by atoms with E-state index in [0.29, 0.717) is 17.5 Å². The van der Waals surface area contributed by atoms with Gasteiger partial charge in [0.25, 0.3) is 0 Å². The van der Waals surface area contributed by atoms with Crippen LogP contribution in [-0.2, 0) is 0 Å². The average Bonchev–Trinajstić information content (AvgIpc) is 2.65. The molecule has 1 aromatic carbocycles. The van der Waals surface area contributed by atoms with Crippen LogP contribution in [0.25, 0.3) is 11.0 Å². The summed E-state index contributed by atoms with van der Waals surface area (Å²) in [5.41, 5.74) is 7.56. The quantitative estimate of drug-likeness (QED) is 0.840. The van der Waals surface area contributed by atoms with Crippen LogP contribution >= 0.6 is 0 Å². The minimum absolute atomic E-state index is 0.268. The number of aromatic nitrogens is 2. The van der Waals surface area contributed by atoms with Gasteiger partial charge in [-0.1, -0.05) is 0 Å². The zero-order valence-electron chi connectivity index (χ0n) is 10.4. The Hall–Kier alpha value is -1.62. The van der Waals surface area contributed by atoms with Gasteiger partial charge in [0, 0.05) is 12.1 Å². The van der Waals surface area contributed by atoms with Crippen molar-refractivity contribution in [1.82, 2.24) is 14.5 Å². The SMILES string of the molecule is CN1CCC(n2c(N)nc3cc(F)ccc32)CC1. The molecular formula is C13H17FN4. The van der Waals surface area contributed by atoms with Gasteiger partial charge < -0.3 is 15.2 Å². The maximum atomic E-state index is 13.2. The van der Waals surface area contributed by atoms with E-state index in [2.05, 4.69) is 21.5 Å². The molecule has 0 saturated carbocycles.